The zero-order valence-corrected chi connectivity index (χ0v) is 15.4. The van der Waals surface area contributed by atoms with E-state index in [2.05, 4.69) is 26.3 Å². The third kappa shape index (κ3) is 3.12. The minimum atomic E-state index is -0.981. The number of anilines is 1. The van der Waals surface area contributed by atoms with Gasteiger partial charge in [0.2, 0.25) is 0 Å². The van der Waals surface area contributed by atoms with E-state index in [1.807, 2.05) is 25.1 Å². The molecule has 142 valence electrons. The number of rotatable bonds is 3. The van der Waals surface area contributed by atoms with Gasteiger partial charge in [-0.3, -0.25) is 4.98 Å². The molecular formula is C20H24N4O3. The van der Waals surface area contributed by atoms with Crippen LogP contribution in [0, 0.1) is 12.3 Å². The standard InChI is InChI=1S/C20H24N4O3/c1-13-11-21-16(12-25)18(22-13)24-8-6-20(7-9-24)10-14-4-2-3-5-15(14)17(20)23-19(26)27/h2-5,11,17,23,25H,6-10,12H2,1H3,(H,26,27). The van der Waals surface area contributed by atoms with Crippen LogP contribution in [-0.2, 0) is 13.0 Å². The number of aliphatic hydroxyl groups is 1. The number of carbonyl (C=O) groups is 1. The molecule has 1 aliphatic carbocycles. The fraction of sp³-hybridized carbons (Fsp3) is 0.450. The first kappa shape index (κ1) is 17.7. The van der Waals surface area contributed by atoms with Gasteiger partial charge in [0.25, 0.3) is 0 Å². The van der Waals surface area contributed by atoms with Gasteiger partial charge >= 0.3 is 6.09 Å². The van der Waals surface area contributed by atoms with Crippen LogP contribution in [0.1, 0.15) is 41.4 Å². The molecular weight excluding hydrogens is 344 g/mol. The average Bonchev–Trinajstić information content (AvgIpc) is 2.95. The Hall–Kier alpha value is -2.67. The zero-order valence-electron chi connectivity index (χ0n) is 15.4. The predicted octanol–water partition coefficient (Wildman–Crippen LogP) is 2.43. The van der Waals surface area contributed by atoms with Crippen LogP contribution < -0.4 is 10.2 Å². The summed E-state index contributed by atoms with van der Waals surface area (Å²) in [6.45, 7) is 3.27. The Labute approximate surface area is 158 Å². The van der Waals surface area contributed by atoms with Crippen molar-refractivity contribution in [3.8, 4) is 0 Å². The lowest BCUT2D eigenvalue weighted by molar-refractivity contribution is 0.141. The van der Waals surface area contributed by atoms with E-state index in [1.54, 1.807) is 6.20 Å². The number of aliphatic hydroxyl groups excluding tert-OH is 1. The van der Waals surface area contributed by atoms with E-state index in [0.29, 0.717) is 5.69 Å². The lowest BCUT2D eigenvalue weighted by Crippen LogP contribution is -2.47. The first-order valence-electron chi connectivity index (χ1n) is 9.28. The molecule has 27 heavy (non-hydrogen) atoms. The van der Waals surface area contributed by atoms with Crippen molar-refractivity contribution < 1.29 is 15.0 Å². The van der Waals surface area contributed by atoms with Crippen LogP contribution in [0.15, 0.2) is 30.5 Å². The van der Waals surface area contributed by atoms with Gasteiger partial charge in [-0.15, -0.1) is 0 Å². The van der Waals surface area contributed by atoms with Gasteiger partial charge < -0.3 is 20.4 Å². The minimum Gasteiger partial charge on any atom is -0.465 e. The van der Waals surface area contributed by atoms with E-state index in [0.717, 1.165) is 49.4 Å². The largest absolute Gasteiger partial charge is 0.465 e. The number of fused-ring (bicyclic) bond motifs is 1. The molecule has 1 spiro atoms. The van der Waals surface area contributed by atoms with Crippen molar-refractivity contribution in [2.45, 2.75) is 38.8 Å². The van der Waals surface area contributed by atoms with Crippen LogP contribution in [0.2, 0.25) is 0 Å². The molecule has 2 aromatic rings. The molecule has 2 aliphatic rings. The Balaban J connectivity index is 1.59. The first-order valence-corrected chi connectivity index (χ1v) is 9.28. The maximum Gasteiger partial charge on any atom is 0.405 e. The van der Waals surface area contributed by atoms with E-state index in [-0.39, 0.29) is 18.1 Å². The van der Waals surface area contributed by atoms with Crippen molar-refractivity contribution in [3.63, 3.8) is 0 Å². The van der Waals surface area contributed by atoms with Crippen molar-refractivity contribution in [2.75, 3.05) is 18.0 Å². The normalized spacial score (nSPS) is 20.5. The Bertz CT molecular complexity index is 862. The molecule has 1 aliphatic heterocycles. The molecule has 1 saturated heterocycles. The molecule has 2 heterocycles. The summed E-state index contributed by atoms with van der Waals surface area (Å²) < 4.78 is 0. The first-order chi connectivity index (χ1) is 13.0. The highest BCUT2D eigenvalue weighted by atomic mass is 16.4. The molecule has 1 unspecified atom stereocenters. The maximum absolute atomic E-state index is 11.4. The van der Waals surface area contributed by atoms with Gasteiger partial charge in [-0.25, -0.2) is 9.78 Å². The molecule has 4 rings (SSSR count). The van der Waals surface area contributed by atoms with E-state index in [4.69, 9.17) is 0 Å². The number of hydrogen-bond acceptors (Lipinski definition) is 5. The smallest absolute Gasteiger partial charge is 0.405 e. The van der Waals surface area contributed by atoms with Gasteiger partial charge in [0.05, 0.1) is 18.3 Å². The summed E-state index contributed by atoms with van der Waals surface area (Å²) >= 11 is 0. The second kappa shape index (κ2) is 6.81. The highest BCUT2D eigenvalue weighted by Crippen LogP contribution is 2.52. The fourth-order valence-corrected chi connectivity index (χ4v) is 4.63. The van der Waals surface area contributed by atoms with Crippen molar-refractivity contribution >= 4 is 11.9 Å². The van der Waals surface area contributed by atoms with Crippen molar-refractivity contribution in [3.05, 3.63) is 53.0 Å². The Morgan fingerprint density at radius 3 is 2.78 bits per heavy atom. The third-order valence-corrected chi connectivity index (χ3v) is 5.94. The topological polar surface area (TPSA) is 98.6 Å². The molecule has 0 radical (unpaired) electrons. The summed E-state index contributed by atoms with van der Waals surface area (Å²) in [6.07, 6.45) is 3.28. The summed E-state index contributed by atoms with van der Waals surface area (Å²) in [4.78, 5) is 22.5. The Morgan fingerprint density at radius 2 is 2.07 bits per heavy atom. The summed E-state index contributed by atoms with van der Waals surface area (Å²) in [5, 5.41) is 21.7. The second-order valence-electron chi connectivity index (χ2n) is 7.55. The number of amides is 1. The number of nitrogens with zero attached hydrogens (tertiary/aromatic N) is 3. The molecule has 1 aromatic heterocycles. The molecule has 1 fully saturated rings. The molecule has 7 heteroatoms. The van der Waals surface area contributed by atoms with Gasteiger partial charge in [0.1, 0.15) is 5.69 Å². The predicted molar refractivity (Wildman–Crippen MR) is 101 cm³/mol. The number of carboxylic acid groups (broad SMARTS) is 1. The number of aromatic nitrogens is 2. The lowest BCUT2D eigenvalue weighted by atomic mass is 9.72. The molecule has 7 nitrogen and oxygen atoms in total. The maximum atomic E-state index is 11.4. The number of hydrogen-bond donors (Lipinski definition) is 3. The SMILES string of the molecule is Cc1cnc(CO)c(N2CCC3(CC2)Cc2ccccc2C3NC(=O)O)n1. The summed E-state index contributed by atoms with van der Waals surface area (Å²) in [5.41, 5.74) is 3.62. The van der Waals surface area contributed by atoms with Crippen LogP contribution in [0.5, 0.6) is 0 Å². The Kier molecular flexibility index (Phi) is 4.47. The molecule has 0 bridgehead atoms. The summed E-state index contributed by atoms with van der Waals surface area (Å²) in [5.74, 6) is 0.741. The molecule has 1 aromatic carbocycles. The lowest BCUT2D eigenvalue weighted by Gasteiger charge is -2.43. The van der Waals surface area contributed by atoms with E-state index >= 15 is 0 Å². The highest BCUT2D eigenvalue weighted by Gasteiger charge is 2.48. The van der Waals surface area contributed by atoms with Crippen LogP contribution >= 0.6 is 0 Å². The number of piperidine rings is 1. The molecule has 1 atom stereocenters. The fourth-order valence-electron chi connectivity index (χ4n) is 4.63. The second-order valence-corrected chi connectivity index (χ2v) is 7.55. The quantitative estimate of drug-likeness (QED) is 0.770. The van der Waals surface area contributed by atoms with Crippen LogP contribution in [0.4, 0.5) is 10.6 Å². The summed E-state index contributed by atoms with van der Waals surface area (Å²) in [7, 11) is 0. The molecule has 0 saturated carbocycles. The average molecular weight is 368 g/mol. The van der Waals surface area contributed by atoms with E-state index in [9.17, 15) is 15.0 Å². The Morgan fingerprint density at radius 1 is 1.33 bits per heavy atom. The van der Waals surface area contributed by atoms with Crippen LogP contribution in [-0.4, -0.2) is 39.4 Å². The van der Waals surface area contributed by atoms with E-state index < -0.39 is 6.09 Å². The third-order valence-electron chi connectivity index (χ3n) is 5.94. The van der Waals surface area contributed by atoms with Gasteiger partial charge in [0, 0.05) is 24.7 Å². The van der Waals surface area contributed by atoms with Crippen molar-refractivity contribution in [1.82, 2.24) is 15.3 Å². The number of benzene rings is 1. The minimum absolute atomic E-state index is 0.116. The van der Waals surface area contributed by atoms with E-state index in [1.165, 1.54) is 5.56 Å². The summed E-state index contributed by atoms with van der Waals surface area (Å²) in [6, 6.07) is 7.94. The van der Waals surface area contributed by atoms with Crippen molar-refractivity contribution in [1.29, 1.82) is 0 Å². The monoisotopic (exact) mass is 368 g/mol. The van der Waals surface area contributed by atoms with Gasteiger partial charge in [-0.1, -0.05) is 24.3 Å². The van der Waals surface area contributed by atoms with Crippen LogP contribution in [0.25, 0.3) is 0 Å². The van der Waals surface area contributed by atoms with Gasteiger partial charge in [-0.05, 0) is 37.3 Å². The highest BCUT2D eigenvalue weighted by molar-refractivity contribution is 5.66. The van der Waals surface area contributed by atoms with Crippen molar-refractivity contribution in [2.24, 2.45) is 5.41 Å². The van der Waals surface area contributed by atoms with Gasteiger partial charge in [-0.2, -0.15) is 0 Å². The zero-order chi connectivity index (χ0) is 19.0. The molecule has 3 N–H and O–H groups in total. The number of aryl methyl sites for hydroxylation is 1. The number of nitrogens with one attached hydrogen (secondary N) is 1. The van der Waals surface area contributed by atoms with Crippen LogP contribution in [0.3, 0.4) is 0 Å². The van der Waals surface area contributed by atoms with Gasteiger partial charge in [0.15, 0.2) is 5.82 Å². The molecule has 1 amide bonds.